The van der Waals surface area contributed by atoms with Gasteiger partial charge in [0.25, 0.3) is 0 Å². The molecular weight excluding hydrogens is 535 g/mol. The molecule has 1 aromatic rings. The number of rotatable bonds is 11. The SMILES string of the molecule is CC(C)(C)OC(=O)N1CCC(CCC(=O)N2CCC[C@@H](C(=O)NC(CC(=O)O)c3cncc(OCCF)c3)C2)CC1. The summed E-state index contributed by atoms with van der Waals surface area (Å²) >= 11 is 0. The van der Waals surface area contributed by atoms with E-state index in [9.17, 15) is 28.7 Å². The number of aliphatic carboxylic acids is 1. The first-order valence-corrected chi connectivity index (χ1v) is 14.4. The highest BCUT2D eigenvalue weighted by Gasteiger charge is 2.32. The van der Waals surface area contributed by atoms with Gasteiger partial charge < -0.3 is 29.7 Å². The quantitative estimate of drug-likeness (QED) is 0.405. The molecule has 3 heterocycles. The summed E-state index contributed by atoms with van der Waals surface area (Å²) in [4.78, 5) is 57.5. The molecule has 0 aromatic carbocycles. The minimum Gasteiger partial charge on any atom is -0.489 e. The van der Waals surface area contributed by atoms with E-state index in [0.29, 0.717) is 50.4 Å². The molecule has 3 rings (SSSR count). The van der Waals surface area contributed by atoms with Crippen LogP contribution < -0.4 is 10.1 Å². The van der Waals surface area contributed by atoms with Crippen LogP contribution in [0.1, 0.15) is 77.3 Å². The number of carboxylic acid groups (broad SMARTS) is 1. The van der Waals surface area contributed by atoms with E-state index in [-0.39, 0.29) is 43.2 Å². The maximum atomic E-state index is 13.2. The molecule has 1 aromatic heterocycles. The van der Waals surface area contributed by atoms with Crippen LogP contribution in [0.4, 0.5) is 9.18 Å². The number of piperidine rings is 2. The van der Waals surface area contributed by atoms with Gasteiger partial charge in [-0.1, -0.05) is 0 Å². The first kappa shape index (κ1) is 32.1. The lowest BCUT2D eigenvalue weighted by atomic mass is 9.91. The largest absolute Gasteiger partial charge is 0.489 e. The molecule has 2 atom stereocenters. The Balaban J connectivity index is 1.49. The number of nitrogens with zero attached hydrogens (tertiary/aromatic N) is 3. The number of halogens is 1. The summed E-state index contributed by atoms with van der Waals surface area (Å²) in [5.41, 5.74) is -0.0898. The van der Waals surface area contributed by atoms with Gasteiger partial charge in [0.2, 0.25) is 11.8 Å². The van der Waals surface area contributed by atoms with E-state index in [2.05, 4.69) is 10.3 Å². The highest BCUT2D eigenvalue weighted by molar-refractivity contribution is 5.82. The topological polar surface area (TPSA) is 138 Å². The molecule has 0 spiro atoms. The van der Waals surface area contributed by atoms with E-state index in [1.807, 2.05) is 20.8 Å². The Bertz CT molecular complexity index is 1060. The van der Waals surface area contributed by atoms with Crippen LogP contribution in [0.15, 0.2) is 18.5 Å². The average molecular weight is 579 g/mol. The molecule has 41 heavy (non-hydrogen) atoms. The minimum absolute atomic E-state index is 0.000991. The number of nitrogens with one attached hydrogen (secondary N) is 1. The fraction of sp³-hybridized carbons (Fsp3) is 0.690. The van der Waals surface area contributed by atoms with Crippen LogP contribution in [0.3, 0.4) is 0 Å². The Morgan fingerprint density at radius 2 is 1.85 bits per heavy atom. The summed E-state index contributed by atoms with van der Waals surface area (Å²) in [6.45, 7) is 6.77. The molecule has 0 saturated carbocycles. The first-order chi connectivity index (χ1) is 19.4. The van der Waals surface area contributed by atoms with Crippen molar-refractivity contribution in [2.45, 2.75) is 77.4 Å². The number of carbonyl (C=O) groups is 4. The Labute approximate surface area is 240 Å². The Hall–Kier alpha value is -3.44. The van der Waals surface area contributed by atoms with Crippen molar-refractivity contribution in [3.8, 4) is 5.75 Å². The fourth-order valence-corrected chi connectivity index (χ4v) is 5.21. The minimum atomic E-state index is -1.09. The highest BCUT2D eigenvalue weighted by Crippen LogP contribution is 2.26. The third-order valence-corrected chi connectivity index (χ3v) is 7.36. The van der Waals surface area contributed by atoms with Crippen molar-refractivity contribution in [2.75, 3.05) is 39.5 Å². The Kier molecular flexibility index (Phi) is 11.7. The number of hydrogen-bond donors (Lipinski definition) is 2. The second kappa shape index (κ2) is 15.0. The molecule has 228 valence electrons. The standard InChI is InChI=1S/C29H43FN4O7/c1-29(2,3)41-28(39)33-12-8-20(9-13-33)6-7-25(35)34-11-4-5-21(19-34)27(38)32-24(16-26(36)37)22-15-23(18-31-17-22)40-14-10-30/h15,17-18,20-21,24H,4-14,16,19H2,1-3H3,(H,32,38)(H,36,37)/t21-,24?/m1/s1. The maximum absolute atomic E-state index is 13.2. The van der Waals surface area contributed by atoms with Gasteiger partial charge in [0.05, 0.1) is 24.6 Å². The number of alkyl halides is 1. The molecule has 2 fully saturated rings. The van der Waals surface area contributed by atoms with Crippen LogP contribution in [-0.2, 0) is 19.1 Å². The number of aromatic nitrogens is 1. The van der Waals surface area contributed by atoms with E-state index in [4.69, 9.17) is 9.47 Å². The lowest BCUT2D eigenvalue weighted by molar-refractivity contribution is -0.138. The van der Waals surface area contributed by atoms with Crippen molar-refractivity contribution in [1.82, 2.24) is 20.1 Å². The summed E-state index contributed by atoms with van der Waals surface area (Å²) in [6, 6.07) is 0.699. The Morgan fingerprint density at radius 1 is 1.12 bits per heavy atom. The van der Waals surface area contributed by atoms with Gasteiger partial charge in [-0.3, -0.25) is 19.4 Å². The van der Waals surface area contributed by atoms with Crippen LogP contribution in [0.2, 0.25) is 0 Å². The fourth-order valence-electron chi connectivity index (χ4n) is 5.21. The normalized spacial score (nSPS) is 18.9. The summed E-state index contributed by atoms with van der Waals surface area (Å²) < 4.78 is 23.2. The summed E-state index contributed by atoms with van der Waals surface area (Å²) in [5.74, 6) is -1.24. The average Bonchev–Trinajstić information content (AvgIpc) is 2.93. The Morgan fingerprint density at radius 3 is 2.51 bits per heavy atom. The van der Waals surface area contributed by atoms with Gasteiger partial charge in [-0.2, -0.15) is 0 Å². The van der Waals surface area contributed by atoms with Crippen LogP contribution in [-0.4, -0.2) is 88.8 Å². The molecule has 2 aliphatic heterocycles. The van der Waals surface area contributed by atoms with Gasteiger partial charge in [0.1, 0.15) is 24.6 Å². The molecule has 2 saturated heterocycles. The monoisotopic (exact) mass is 578 g/mol. The van der Waals surface area contributed by atoms with Crippen LogP contribution in [0.5, 0.6) is 5.75 Å². The smallest absolute Gasteiger partial charge is 0.410 e. The van der Waals surface area contributed by atoms with Gasteiger partial charge in [0, 0.05) is 38.8 Å². The van der Waals surface area contributed by atoms with E-state index in [1.54, 1.807) is 15.9 Å². The van der Waals surface area contributed by atoms with Crippen LogP contribution in [0.25, 0.3) is 0 Å². The van der Waals surface area contributed by atoms with E-state index in [0.717, 1.165) is 19.3 Å². The van der Waals surface area contributed by atoms with Crippen molar-refractivity contribution in [3.63, 3.8) is 0 Å². The lowest BCUT2D eigenvalue weighted by Crippen LogP contribution is -2.46. The zero-order chi connectivity index (χ0) is 30.0. The lowest BCUT2D eigenvalue weighted by Gasteiger charge is -2.35. The van der Waals surface area contributed by atoms with Crippen molar-refractivity contribution < 1.29 is 38.1 Å². The molecule has 2 aliphatic rings. The second-order valence-corrected chi connectivity index (χ2v) is 11.8. The molecule has 3 amide bonds. The van der Waals surface area contributed by atoms with E-state index < -0.39 is 30.2 Å². The van der Waals surface area contributed by atoms with E-state index in [1.165, 1.54) is 12.4 Å². The third kappa shape index (κ3) is 10.5. The van der Waals surface area contributed by atoms with Gasteiger partial charge in [-0.25, -0.2) is 9.18 Å². The molecule has 12 heteroatoms. The van der Waals surface area contributed by atoms with Crippen molar-refractivity contribution in [2.24, 2.45) is 11.8 Å². The molecule has 1 unspecified atom stereocenters. The number of carboxylic acids is 1. The number of carbonyl (C=O) groups excluding carboxylic acids is 3. The summed E-state index contributed by atoms with van der Waals surface area (Å²) in [7, 11) is 0. The zero-order valence-electron chi connectivity index (χ0n) is 24.3. The van der Waals surface area contributed by atoms with Crippen molar-refractivity contribution in [1.29, 1.82) is 0 Å². The van der Waals surface area contributed by atoms with Crippen LogP contribution in [0, 0.1) is 11.8 Å². The highest BCUT2D eigenvalue weighted by atomic mass is 19.1. The van der Waals surface area contributed by atoms with E-state index >= 15 is 0 Å². The predicted molar refractivity (Wildman–Crippen MR) is 148 cm³/mol. The van der Waals surface area contributed by atoms with Gasteiger partial charge >= 0.3 is 12.1 Å². The maximum Gasteiger partial charge on any atom is 0.410 e. The summed E-state index contributed by atoms with van der Waals surface area (Å²) in [6.07, 6.45) is 6.19. The third-order valence-electron chi connectivity index (χ3n) is 7.36. The van der Waals surface area contributed by atoms with Crippen LogP contribution >= 0.6 is 0 Å². The van der Waals surface area contributed by atoms with Gasteiger partial charge in [-0.15, -0.1) is 0 Å². The van der Waals surface area contributed by atoms with Crippen molar-refractivity contribution >= 4 is 23.9 Å². The van der Waals surface area contributed by atoms with Crippen molar-refractivity contribution in [3.05, 3.63) is 24.0 Å². The molecule has 0 aliphatic carbocycles. The number of amides is 3. The summed E-state index contributed by atoms with van der Waals surface area (Å²) in [5, 5.41) is 12.2. The molecular formula is C29H43FN4O7. The zero-order valence-corrected chi connectivity index (χ0v) is 24.3. The number of likely N-dealkylation sites (tertiary alicyclic amines) is 2. The number of ether oxygens (including phenoxy) is 2. The van der Waals surface area contributed by atoms with Gasteiger partial charge in [0.15, 0.2) is 0 Å². The number of pyridine rings is 1. The van der Waals surface area contributed by atoms with Gasteiger partial charge in [-0.05, 0) is 70.4 Å². The molecule has 11 nitrogen and oxygen atoms in total. The number of hydrogen-bond acceptors (Lipinski definition) is 7. The predicted octanol–water partition coefficient (Wildman–Crippen LogP) is 3.73. The second-order valence-electron chi connectivity index (χ2n) is 11.8. The molecule has 0 bridgehead atoms. The first-order valence-electron chi connectivity index (χ1n) is 14.4. The molecule has 2 N–H and O–H groups in total. The molecule has 0 radical (unpaired) electrons.